The Hall–Kier alpha value is -1.72. The molecule has 1 aromatic heterocycles. The molecule has 1 aliphatic rings. The smallest absolute Gasteiger partial charge is 0.234 e. The Labute approximate surface area is 140 Å². The number of likely N-dealkylation sites (tertiary alicyclic amines) is 1. The minimum Gasteiger partial charge on any atom is -0.355 e. The molecule has 122 valence electrons. The lowest BCUT2D eigenvalue weighted by atomic mass is 10.1. The van der Waals surface area contributed by atoms with Crippen molar-refractivity contribution in [3.8, 4) is 0 Å². The van der Waals surface area contributed by atoms with Gasteiger partial charge >= 0.3 is 0 Å². The summed E-state index contributed by atoms with van der Waals surface area (Å²) in [5.74, 6) is -0.191. The first-order valence-electron chi connectivity index (χ1n) is 8.01. The number of carbonyl (C=O) groups excluding carboxylic acids is 1. The van der Waals surface area contributed by atoms with Crippen LogP contribution in [0.25, 0.3) is 0 Å². The van der Waals surface area contributed by atoms with Crippen molar-refractivity contribution in [1.29, 1.82) is 0 Å². The summed E-state index contributed by atoms with van der Waals surface area (Å²) in [6.07, 6.45) is 2.76. The lowest BCUT2D eigenvalue weighted by Gasteiger charge is -2.22. The molecular formula is C18H21FN2OS. The van der Waals surface area contributed by atoms with Crippen LogP contribution in [0.4, 0.5) is 4.39 Å². The highest BCUT2D eigenvalue weighted by atomic mass is 32.1. The number of halogens is 1. The molecule has 1 fully saturated rings. The monoisotopic (exact) mass is 332 g/mol. The molecule has 1 aliphatic heterocycles. The summed E-state index contributed by atoms with van der Waals surface area (Å²) in [5.41, 5.74) is 0.644. The van der Waals surface area contributed by atoms with E-state index in [1.807, 2.05) is 6.07 Å². The molecule has 0 aliphatic carbocycles. The Morgan fingerprint density at radius 1 is 1.30 bits per heavy atom. The molecular weight excluding hydrogens is 311 g/mol. The Morgan fingerprint density at radius 3 is 2.96 bits per heavy atom. The minimum absolute atomic E-state index is 0.0183. The molecule has 3 rings (SSSR count). The molecule has 1 saturated heterocycles. The molecule has 0 bridgehead atoms. The van der Waals surface area contributed by atoms with Crippen LogP contribution in [-0.4, -0.2) is 30.4 Å². The van der Waals surface area contributed by atoms with Gasteiger partial charge in [0.05, 0.1) is 6.54 Å². The van der Waals surface area contributed by atoms with Crippen LogP contribution in [0.5, 0.6) is 0 Å². The van der Waals surface area contributed by atoms with E-state index in [2.05, 4.69) is 27.7 Å². The van der Waals surface area contributed by atoms with Gasteiger partial charge in [0.15, 0.2) is 0 Å². The van der Waals surface area contributed by atoms with E-state index in [4.69, 9.17) is 0 Å². The Bertz CT molecular complexity index is 644. The number of amides is 1. The lowest BCUT2D eigenvalue weighted by molar-refractivity contribution is -0.122. The molecule has 0 spiro atoms. The number of benzene rings is 1. The van der Waals surface area contributed by atoms with Crippen molar-refractivity contribution in [2.24, 2.45) is 0 Å². The topological polar surface area (TPSA) is 32.3 Å². The fourth-order valence-electron chi connectivity index (χ4n) is 3.10. The quantitative estimate of drug-likeness (QED) is 0.879. The molecule has 0 saturated carbocycles. The second-order valence-corrected chi connectivity index (χ2v) is 6.81. The van der Waals surface area contributed by atoms with Crippen LogP contribution in [0.15, 0.2) is 41.8 Å². The summed E-state index contributed by atoms with van der Waals surface area (Å²) in [6.45, 7) is 1.85. The zero-order valence-corrected chi connectivity index (χ0v) is 13.8. The first-order chi connectivity index (χ1) is 11.2. The Kier molecular flexibility index (Phi) is 5.41. The van der Waals surface area contributed by atoms with Crippen LogP contribution in [-0.2, 0) is 11.2 Å². The van der Waals surface area contributed by atoms with Crippen molar-refractivity contribution in [2.75, 3.05) is 19.6 Å². The van der Waals surface area contributed by atoms with Crippen LogP contribution < -0.4 is 5.32 Å². The molecule has 1 atom stereocenters. The van der Waals surface area contributed by atoms with Crippen LogP contribution in [0.3, 0.4) is 0 Å². The van der Waals surface area contributed by atoms with Gasteiger partial charge in [0.1, 0.15) is 5.82 Å². The second-order valence-electron chi connectivity index (χ2n) is 5.84. The van der Waals surface area contributed by atoms with Gasteiger partial charge in [-0.2, -0.15) is 0 Å². The SMILES string of the molecule is O=C(CN1CCC[C@@H]1c1cccs1)NCCc1ccccc1F. The van der Waals surface area contributed by atoms with Gasteiger partial charge in [0.25, 0.3) is 0 Å². The van der Waals surface area contributed by atoms with Gasteiger partial charge in [-0.25, -0.2) is 4.39 Å². The Morgan fingerprint density at radius 2 is 2.17 bits per heavy atom. The van der Waals surface area contributed by atoms with Gasteiger partial charge in [-0.3, -0.25) is 9.69 Å². The standard InChI is InChI=1S/C18H21FN2OS/c19-15-6-2-1-5-14(15)9-10-20-18(22)13-21-11-3-7-16(21)17-8-4-12-23-17/h1-2,4-6,8,12,16H,3,7,9-11,13H2,(H,20,22)/t16-/m1/s1. The summed E-state index contributed by atoms with van der Waals surface area (Å²) in [5, 5.41) is 4.99. The molecule has 1 aromatic carbocycles. The molecule has 0 unspecified atom stereocenters. The minimum atomic E-state index is -0.209. The van der Waals surface area contributed by atoms with E-state index in [0.717, 1.165) is 19.4 Å². The molecule has 1 N–H and O–H groups in total. The van der Waals surface area contributed by atoms with Crippen molar-refractivity contribution in [1.82, 2.24) is 10.2 Å². The number of thiophene rings is 1. The summed E-state index contributed by atoms with van der Waals surface area (Å²) < 4.78 is 13.5. The molecule has 1 amide bonds. The maximum Gasteiger partial charge on any atom is 0.234 e. The maximum atomic E-state index is 13.5. The van der Waals surface area contributed by atoms with Gasteiger partial charge in [-0.05, 0) is 48.9 Å². The highest BCUT2D eigenvalue weighted by molar-refractivity contribution is 7.10. The van der Waals surface area contributed by atoms with E-state index in [0.29, 0.717) is 31.1 Å². The highest BCUT2D eigenvalue weighted by Crippen LogP contribution is 2.33. The van der Waals surface area contributed by atoms with Gasteiger partial charge in [-0.1, -0.05) is 24.3 Å². The zero-order valence-electron chi connectivity index (χ0n) is 13.0. The van der Waals surface area contributed by atoms with Crippen molar-refractivity contribution >= 4 is 17.2 Å². The van der Waals surface area contributed by atoms with Gasteiger partial charge < -0.3 is 5.32 Å². The van der Waals surface area contributed by atoms with E-state index in [-0.39, 0.29) is 11.7 Å². The molecule has 0 radical (unpaired) electrons. The molecule has 3 nitrogen and oxygen atoms in total. The predicted molar refractivity (Wildman–Crippen MR) is 91.0 cm³/mol. The first kappa shape index (κ1) is 16.1. The third kappa shape index (κ3) is 4.18. The number of hydrogen-bond donors (Lipinski definition) is 1. The van der Waals surface area contributed by atoms with Gasteiger partial charge in [0.2, 0.25) is 5.91 Å². The number of nitrogens with one attached hydrogen (secondary N) is 1. The summed E-state index contributed by atoms with van der Waals surface area (Å²) in [4.78, 5) is 15.7. The van der Waals surface area contributed by atoms with E-state index < -0.39 is 0 Å². The first-order valence-corrected chi connectivity index (χ1v) is 8.89. The van der Waals surface area contributed by atoms with Gasteiger partial charge in [-0.15, -0.1) is 11.3 Å². The van der Waals surface area contributed by atoms with E-state index in [1.165, 1.54) is 10.9 Å². The average molecular weight is 332 g/mol. The van der Waals surface area contributed by atoms with Crippen molar-refractivity contribution in [3.63, 3.8) is 0 Å². The molecule has 2 aromatic rings. The number of carbonyl (C=O) groups is 1. The number of hydrogen-bond acceptors (Lipinski definition) is 3. The molecule has 23 heavy (non-hydrogen) atoms. The number of rotatable bonds is 6. The second kappa shape index (κ2) is 7.70. The largest absolute Gasteiger partial charge is 0.355 e. The molecule has 5 heteroatoms. The molecule has 2 heterocycles. The van der Waals surface area contributed by atoms with Crippen molar-refractivity contribution in [3.05, 3.63) is 58.0 Å². The Balaban J connectivity index is 1.47. The van der Waals surface area contributed by atoms with E-state index in [1.54, 1.807) is 23.5 Å². The van der Waals surface area contributed by atoms with E-state index in [9.17, 15) is 9.18 Å². The summed E-state index contributed by atoms with van der Waals surface area (Å²) in [6, 6.07) is 11.3. The van der Waals surface area contributed by atoms with Gasteiger partial charge in [0, 0.05) is 17.5 Å². The van der Waals surface area contributed by atoms with Crippen molar-refractivity contribution < 1.29 is 9.18 Å². The predicted octanol–water partition coefficient (Wildman–Crippen LogP) is 3.38. The van der Waals surface area contributed by atoms with Crippen LogP contribution in [0.1, 0.15) is 29.3 Å². The van der Waals surface area contributed by atoms with E-state index >= 15 is 0 Å². The van der Waals surface area contributed by atoms with Crippen LogP contribution >= 0.6 is 11.3 Å². The normalized spacial score (nSPS) is 18.2. The maximum absolute atomic E-state index is 13.5. The summed E-state index contributed by atoms with van der Waals surface area (Å²) in [7, 11) is 0. The van der Waals surface area contributed by atoms with Crippen LogP contribution in [0.2, 0.25) is 0 Å². The third-order valence-electron chi connectivity index (χ3n) is 4.26. The lowest BCUT2D eigenvalue weighted by Crippen LogP contribution is -2.37. The summed E-state index contributed by atoms with van der Waals surface area (Å²) >= 11 is 1.75. The zero-order chi connectivity index (χ0) is 16.1. The van der Waals surface area contributed by atoms with Crippen LogP contribution in [0, 0.1) is 5.82 Å². The van der Waals surface area contributed by atoms with Crippen molar-refractivity contribution in [2.45, 2.75) is 25.3 Å². The fraction of sp³-hybridized carbons (Fsp3) is 0.389. The third-order valence-corrected chi connectivity index (χ3v) is 5.23. The average Bonchev–Trinajstić information content (AvgIpc) is 3.20. The fourth-order valence-corrected chi connectivity index (χ4v) is 3.99. The highest BCUT2D eigenvalue weighted by Gasteiger charge is 2.27. The number of nitrogens with zero attached hydrogens (tertiary/aromatic N) is 1.